The summed E-state index contributed by atoms with van der Waals surface area (Å²) in [6.45, 7) is 1.13. The first-order valence-corrected chi connectivity index (χ1v) is 6.66. The fourth-order valence-electron chi connectivity index (χ4n) is 1.91. The van der Waals surface area contributed by atoms with Crippen LogP contribution in [-0.2, 0) is 0 Å². The first-order valence-electron chi connectivity index (χ1n) is 6.66. The Labute approximate surface area is 118 Å². The molecule has 0 aliphatic carbocycles. The molecule has 1 heterocycles. The molecular formula is C15H20N2O3. The normalized spacial score (nSPS) is 12.3. The van der Waals surface area contributed by atoms with Crippen molar-refractivity contribution in [3.8, 4) is 17.0 Å². The SMILES string of the molecule is OCCNCC(O)COc1ccccc1-c1ccc[nH]1. The molecular weight excluding hydrogens is 256 g/mol. The third kappa shape index (κ3) is 4.09. The van der Waals surface area contributed by atoms with Gasteiger partial charge < -0.3 is 25.3 Å². The van der Waals surface area contributed by atoms with Crippen LogP contribution in [0.15, 0.2) is 42.6 Å². The summed E-state index contributed by atoms with van der Waals surface area (Å²) in [4.78, 5) is 3.14. The standard InChI is InChI=1S/C15H20N2O3/c18-9-8-16-10-12(19)11-20-15-6-2-1-4-13(15)14-5-3-7-17-14/h1-7,12,16-19H,8-11H2. The van der Waals surface area contributed by atoms with E-state index in [1.807, 2.05) is 42.6 Å². The number of aromatic amines is 1. The predicted molar refractivity (Wildman–Crippen MR) is 77.7 cm³/mol. The van der Waals surface area contributed by atoms with E-state index in [0.29, 0.717) is 13.1 Å². The molecule has 0 radical (unpaired) electrons. The summed E-state index contributed by atoms with van der Waals surface area (Å²) in [6.07, 6.45) is 1.25. The molecule has 4 N–H and O–H groups in total. The van der Waals surface area contributed by atoms with Gasteiger partial charge in [0.05, 0.1) is 6.61 Å². The molecule has 2 rings (SSSR count). The molecule has 0 bridgehead atoms. The third-order valence-electron chi connectivity index (χ3n) is 2.87. The van der Waals surface area contributed by atoms with E-state index in [9.17, 15) is 5.11 Å². The number of hydrogen-bond acceptors (Lipinski definition) is 4. The lowest BCUT2D eigenvalue weighted by Crippen LogP contribution is -2.32. The van der Waals surface area contributed by atoms with Gasteiger partial charge in [-0.05, 0) is 24.3 Å². The lowest BCUT2D eigenvalue weighted by atomic mass is 10.1. The number of aliphatic hydroxyl groups excluding tert-OH is 2. The average molecular weight is 276 g/mol. The van der Waals surface area contributed by atoms with Crippen LogP contribution in [0.4, 0.5) is 0 Å². The van der Waals surface area contributed by atoms with Gasteiger partial charge in [0, 0.05) is 30.5 Å². The van der Waals surface area contributed by atoms with Crippen molar-refractivity contribution in [3.63, 3.8) is 0 Å². The molecule has 0 spiro atoms. The van der Waals surface area contributed by atoms with Gasteiger partial charge in [0.2, 0.25) is 0 Å². The highest BCUT2D eigenvalue weighted by atomic mass is 16.5. The van der Waals surface area contributed by atoms with Crippen LogP contribution in [0, 0.1) is 0 Å². The topological polar surface area (TPSA) is 77.5 Å². The zero-order valence-electron chi connectivity index (χ0n) is 11.2. The van der Waals surface area contributed by atoms with Crippen molar-refractivity contribution in [3.05, 3.63) is 42.6 Å². The molecule has 0 fully saturated rings. The molecule has 0 saturated carbocycles. The number of aliphatic hydroxyl groups is 2. The monoisotopic (exact) mass is 276 g/mol. The molecule has 1 unspecified atom stereocenters. The highest BCUT2D eigenvalue weighted by Crippen LogP contribution is 2.28. The Morgan fingerprint density at radius 2 is 2.05 bits per heavy atom. The van der Waals surface area contributed by atoms with E-state index in [1.54, 1.807) is 0 Å². The Hall–Kier alpha value is -1.82. The van der Waals surface area contributed by atoms with Crippen molar-refractivity contribution in [2.24, 2.45) is 0 Å². The van der Waals surface area contributed by atoms with E-state index < -0.39 is 6.10 Å². The van der Waals surface area contributed by atoms with Gasteiger partial charge in [-0.1, -0.05) is 12.1 Å². The van der Waals surface area contributed by atoms with Gasteiger partial charge in [-0.25, -0.2) is 0 Å². The van der Waals surface area contributed by atoms with E-state index in [4.69, 9.17) is 9.84 Å². The number of aromatic nitrogens is 1. The van der Waals surface area contributed by atoms with Crippen molar-refractivity contribution in [1.29, 1.82) is 0 Å². The number of ether oxygens (including phenoxy) is 1. The second-order valence-electron chi connectivity index (χ2n) is 4.47. The minimum atomic E-state index is -0.613. The highest BCUT2D eigenvalue weighted by molar-refractivity contribution is 5.67. The average Bonchev–Trinajstić information content (AvgIpc) is 3.00. The highest BCUT2D eigenvalue weighted by Gasteiger charge is 2.09. The lowest BCUT2D eigenvalue weighted by molar-refractivity contribution is 0.105. The second-order valence-corrected chi connectivity index (χ2v) is 4.47. The van der Waals surface area contributed by atoms with Crippen LogP contribution in [0.3, 0.4) is 0 Å². The number of benzene rings is 1. The molecule has 2 aromatic rings. The van der Waals surface area contributed by atoms with Crippen molar-refractivity contribution in [2.45, 2.75) is 6.10 Å². The molecule has 108 valence electrons. The molecule has 5 heteroatoms. The van der Waals surface area contributed by atoms with E-state index in [0.717, 1.165) is 17.0 Å². The predicted octanol–water partition coefficient (Wildman–Crippen LogP) is 1.00. The molecule has 0 amide bonds. The van der Waals surface area contributed by atoms with Gasteiger partial charge in [0.15, 0.2) is 0 Å². The Kier molecular flexibility index (Phi) is 5.61. The van der Waals surface area contributed by atoms with Gasteiger partial charge in [0.25, 0.3) is 0 Å². The number of nitrogens with one attached hydrogen (secondary N) is 2. The van der Waals surface area contributed by atoms with Crippen LogP contribution in [0.1, 0.15) is 0 Å². The lowest BCUT2D eigenvalue weighted by Gasteiger charge is -2.15. The van der Waals surface area contributed by atoms with Crippen LogP contribution in [-0.4, -0.2) is 47.6 Å². The fourth-order valence-corrected chi connectivity index (χ4v) is 1.91. The van der Waals surface area contributed by atoms with Gasteiger partial charge in [-0.3, -0.25) is 0 Å². The maximum atomic E-state index is 9.78. The van der Waals surface area contributed by atoms with Crippen LogP contribution in [0.2, 0.25) is 0 Å². The van der Waals surface area contributed by atoms with Crippen LogP contribution < -0.4 is 10.1 Å². The second kappa shape index (κ2) is 7.69. The van der Waals surface area contributed by atoms with Crippen LogP contribution in [0.25, 0.3) is 11.3 Å². The van der Waals surface area contributed by atoms with E-state index in [-0.39, 0.29) is 13.2 Å². The minimum Gasteiger partial charge on any atom is -0.490 e. The maximum Gasteiger partial charge on any atom is 0.128 e. The first kappa shape index (κ1) is 14.6. The molecule has 1 aromatic carbocycles. The molecule has 1 aromatic heterocycles. The minimum absolute atomic E-state index is 0.0588. The van der Waals surface area contributed by atoms with Crippen LogP contribution in [0.5, 0.6) is 5.75 Å². The van der Waals surface area contributed by atoms with Crippen molar-refractivity contribution in [2.75, 3.05) is 26.3 Å². The molecule has 20 heavy (non-hydrogen) atoms. The van der Waals surface area contributed by atoms with E-state index in [2.05, 4.69) is 10.3 Å². The summed E-state index contributed by atoms with van der Waals surface area (Å²) >= 11 is 0. The Morgan fingerprint density at radius 3 is 2.80 bits per heavy atom. The Balaban J connectivity index is 1.93. The Bertz CT molecular complexity index is 500. The van der Waals surface area contributed by atoms with Gasteiger partial charge in [0.1, 0.15) is 18.5 Å². The number of H-pyrrole nitrogens is 1. The number of hydrogen-bond donors (Lipinski definition) is 4. The largest absolute Gasteiger partial charge is 0.490 e. The van der Waals surface area contributed by atoms with Crippen molar-refractivity contribution < 1.29 is 14.9 Å². The first-order chi connectivity index (χ1) is 9.81. The zero-order chi connectivity index (χ0) is 14.2. The summed E-state index contributed by atoms with van der Waals surface area (Å²) in [5.41, 5.74) is 1.95. The van der Waals surface area contributed by atoms with Crippen molar-refractivity contribution in [1.82, 2.24) is 10.3 Å². The van der Waals surface area contributed by atoms with Crippen molar-refractivity contribution >= 4 is 0 Å². The molecule has 0 aliphatic heterocycles. The summed E-state index contributed by atoms with van der Waals surface area (Å²) < 4.78 is 5.68. The number of para-hydroxylation sites is 1. The van der Waals surface area contributed by atoms with E-state index >= 15 is 0 Å². The van der Waals surface area contributed by atoms with Crippen LogP contribution >= 0.6 is 0 Å². The Morgan fingerprint density at radius 1 is 1.20 bits per heavy atom. The fraction of sp³-hybridized carbons (Fsp3) is 0.333. The molecule has 0 aliphatic rings. The molecule has 5 nitrogen and oxygen atoms in total. The summed E-state index contributed by atoms with van der Waals surface area (Å²) in [6, 6.07) is 11.6. The van der Waals surface area contributed by atoms with Gasteiger partial charge >= 0.3 is 0 Å². The molecule has 0 saturated heterocycles. The number of rotatable bonds is 8. The summed E-state index contributed by atoms with van der Waals surface area (Å²) in [5, 5.41) is 21.4. The van der Waals surface area contributed by atoms with Gasteiger partial charge in [-0.2, -0.15) is 0 Å². The smallest absolute Gasteiger partial charge is 0.128 e. The third-order valence-corrected chi connectivity index (χ3v) is 2.87. The quantitative estimate of drug-likeness (QED) is 0.543. The zero-order valence-corrected chi connectivity index (χ0v) is 11.2. The summed E-state index contributed by atoms with van der Waals surface area (Å²) in [7, 11) is 0. The van der Waals surface area contributed by atoms with E-state index in [1.165, 1.54) is 0 Å². The van der Waals surface area contributed by atoms with Gasteiger partial charge in [-0.15, -0.1) is 0 Å². The maximum absolute atomic E-state index is 9.78. The molecule has 1 atom stereocenters. The summed E-state index contributed by atoms with van der Waals surface area (Å²) in [5.74, 6) is 0.733.